The van der Waals surface area contributed by atoms with Crippen molar-refractivity contribution in [2.75, 3.05) is 5.32 Å². The third-order valence-corrected chi connectivity index (χ3v) is 6.80. The zero-order valence-electron chi connectivity index (χ0n) is 18.9. The molecule has 180 valence electrons. The molecule has 0 saturated heterocycles. The number of carboxylic acids is 1. The molecule has 4 aromatic rings. The van der Waals surface area contributed by atoms with Gasteiger partial charge in [-0.25, -0.2) is 13.4 Å². The van der Waals surface area contributed by atoms with E-state index in [-0.39, 0.29) is 10.8 Å². The number of hydrogen-bond acceptors (Lipinski definition) is 6. The number of nitrogens with zero attached hydrogens (tertiary/aromatic N) is 1. The van der Waals surface area contributed by atoms with Gasteiger partial charge in [-0.3, -0.25) is 9.59 Å². The molecule has 0 radical (unpaired) electrons. The Morgan fingerprint density at radius 2 is 1.51 bits per heavy atom. The lowest BCUT2D eigenvalue weighted by molar-refractivity contribution is -0.140. The number of oxazole rings is 1. The largest absolute Gasteiger partial charge is 0.480 e. The van der Waals surface area contributed by atoms with Gasteiger partial charge < -0.3 is 14.8 Å². The highest BCUT2D eigenvalue weighted by Crippen LogP contribution is 2.24. The van der Waals surface area contributed by atoms with E-state index in [0.29, 0.717) is 16.8 Å². The monoisotopic (exact) mass is 493 g/mol. The van der Waals surface area contributed by atoms with Gasteiger partial charge in [0.05, 0.1) is 4.90 Å². The summed E-state index contributed by atoms with van der Waals surface area (Å²) >= 11 is 0. The molecule has 1 aromatic heterocycles. The molecular formula is C25H23N3O6S. The highest BCUT2D eigenvalue weighted by molar-refractivity contribution is 7.89. The van der Waals surface area contributed by atoms with E-state index >= 15 is 0 Å². The summed E-state index contributed by atoms with van der Waals surface area (Å²) in [5, 5.41) is 12.0. The minimum Gasteiger partial charge on any atom is -0.480 e. The summed E-state index contributed by atoms with van der Waals surface area (Å²) in [5.74, 6) is -2.16. The summed E-state index contributed by atoms with van der Waals surface area (Å²) in [6.45, 7) is 3.26. The van der Waals surface area contributed by atoms with Crippen molar-refractivity contribution in [1.82, 2.24) is 9.71 Å². The molecule has 3 aromatic carbocycles. The maximum Gasteiger partial charge on any atom is 0.322 e. The van der Waals surface area contributed by atoms with Gasteiger partial charge in [-0.1, -0.05) is 50.2 Å². The van der Waals surface area contributed by atoms with Gasteiger partial charge in [-0.15, -0.1) is 0 Å². The SMILES string of the molecule is CC(C)[C@H](NS(=O)(=O)c1ccc(-c2ccc(NC(=O)c3nc4ccccc4o3)cc2)cc1)C(=O)O. The molecule has 1 heterocycles. The number of carbonyl (C=O) groups is 2. The number of nitrogens with one attached hydrogen (secondary N) is 2. The van der Waals surface area contributed by atoms with Gasteiger partial charge in [0.25, 0.3) is 5.89 Å². The first-order chi connectivity index (χ1) is 16.6. The van der Waals surface area contributed by atoms with Crippen molar-refractivity contribution in [2.24, 2.45) is 5.92 Å². The molecular weight excluding hydrogens is 470 g/mol. The lowest BCUT2D eigenvalue weighted by Crippen LogP contribution is -2.44. The fourth-order valence-electron chi connectivity index (χ4n) is 3.43. The summed E-state index contributed by atoms with van der Waals surface area (Å²) in [6, 6.07) is 18.9. The standard InChI is InChI=1S/C25H23N3O6S/c1-15(2)22(25(30)31)28-35(32,33)19-13-9-17(10-14-19)16-7-11-18(12-8-16)26-23(29)24-27-20-5-3-4-6-21(20)34-24/h3-15,22,28H,1-2H3,(H,26,29)(H,30,31)/t22-/m0/s1. The Morgan fingerprint density at radius 1 is 0.914 bits per heavy atom. The number of sulfonamides is 1. The minimum atomic E-state index is -4.00. The summed E-state index contributed by atoms with van der Waals surface area (Å²) in [4.78, 5) is 27.9. The molecule has 3 N–H and O–H groups in total. The smallest absolute Gasteiger partial charge is 0.322 e. The number of rotatable bonds is 8. The van der Waals surface area contributed by atoms with E-state index in [0.717, 1.165) is 11.1 Å². The average Bonchev–Trinajstić information content (AvgIpc) is 3.27. The normalized spacial score (nSPS) is 12.5. The first kappa shape index (κ1) is 24.1. The number of carboxylic acid groups (broad SMARTS) is 1. The van der Waals surface area contributed by atoms with Crippen molar-refractivity contribution >= 4 is 38.7 Å². The minimum absolute atomic E-state index is 0.0321. The molecule has 0 bridgehead atoms. The van der Waals surface area contributed by atoms with Crippen LogP contribution in [0.15, 0.2) is 82.1 Å². The topological polar surface area (TPSA) is 139 Å². The summed E-state index contributed by atoms with van der Waals surface area (Å²) in [6.07, 6.45) is 0. The summed E-state index contributed by atoms with van der Waals surface area (Å²) in [5.41, 5.74) is 3.21. The first-order valence-corrected chi connectivity index (χ1v) is 12.2. The van der Waals surface area contributed by atoms with E-state index in [1.165, 1.54) is 12.1 Å². The van der Waals surface area contributed by atoms with E-state index in [9.17, 15) is 23.1 Å². The van der Waals surface area contributed by atoms with Crippen molar-refractivity contribution in [3.05, 3.63) is 78.7 Å². The van der Waals surface area contributed by atoms with Crippen LogP contribution >= 0.6 is 0 Å². The molecule has 0 spiro atoms. The number of hydrogen-bond donors (Lipinski definition) is 3. The lowest BCUT2D eigenvalue weighted by atomic mass is 10.1. The Kier molecular flexibility index (Phi) is 6.68. The Balaban J connectivity index is 1.45. The van der Waals surface area contributed by atoms with E-state index < -0.39 is 33.9 Å². The second kappa shape index (κ2) is 9.69. The zero-order chi connectivity index (χ0) is 25.2. The van der Waals surface area contributed by atoms with Crippen LogP contribution in [0.25, 0.3) is 22.2 Å². The van der Waals surface area contributed by atoms with Crippen LogP contribution < -0.4 is 10.0 Å². The molecule has 1 amide bonds. The van der Waals surface area contributed by atoms with E-state index in [1.807, 2.05) is 6.07 Å². The molecule has 0 aliphatic carbocycles. The van der Waals surface area contributed by atoms with E-state index in [2.05, 4.69) is 15.0 Å². The number of aliphatic carboxylic acids is 1. The van der Waals surface area contributed by atoms with Gasteiger partial charge in [0.2, 0.25) is 10.0 Å². The predicted molar refractivity (Wildman–Crippen MR) is 130 cm³/mol. The quantitative estimate of drug-likeness (QED) is 0.335. The lowest BCUT2D eigenvalue weighted by Gasteiger charge is -2.18. The molecule has 1 atom stereocenters. The molecule has 0 aliphatic rings. The van der Waals surface area contributed by atoms with Crippen molar-refractivity contribution in [1.29, 1.82) is 0 Å². The number of anilines is 1. The molecule has 9 nitrogen and oxygen atoms in total. The average molecular weight is 494 g/mol. The highest BCUT2D eigenvalue weighted by Gasteiger charge is 2.28. The Labute approximate surface area is 201 Å². The molecule has 0 aliphatic heterocycles. The Morgan fingerprint density at radius 3 is 2.09 bits per heavy atom. The summed E-state index contributed by atoms with van der Waals surface area (Å²) in [7, 11) is -4.00. The second-order valence-corrected chi connectivity index (χ2v) is 9.94. The van der Waals surface area contributed by atoms with Crippen LogP contribution in [0.3, 0.4) is 0 Å². The molecule has 35 heavy (non-hydrogen) atoms. The highest BCUT2D eigenvalue weighted by atomic mass is 32.2. The second-order valence-electron chi connectivity index (χ2n) is 8.22. The van der Waals surface area contributed by atoms with Crippen molar-refractivity contribution in [2.45, 2.75) is 24.8 Å². The molecule has 4 rings (SSSR count). The predicted octanol–water partition coefficient (Wildman–Crippen LogP) is 4.13. The number of para-hydroxylation sites is 2. The zero-order valence-corrected chi connectivity index (χ0v) is 19.7. The van der Waals surface area contributed by atoms with Gasteiger partial charge in [0, 0.05) is 5.69 Å². The number of benzene rings is 3. The van der Waals surface area contributed by atoms with E-state index in [4.69, 9.17) is 4.42 Å². The third-order valence-electron chi connectivity index (χ3n) is 5.34. The van der Waals surface area contributed by atoms with Crippen molar-refractivity contribution in [3.63, 3.8) is 0 Å². The van der Waals surface area contributed by atoms with Gasteiger partial charge in [-0.05, 0) is 53.4 Å². The fraction of sp³-hybridized carbons (Fsp3) is 0.160. The number of carbonyl (C=O) groups excluding carboxylic acids is 1. The van der Waals surface area contributed by atoms with Gasteiger partial charge >= 0.3 is 11.9 Å². The maximum absolute atomic E-state index is 12.6. The number of aromatic nitrogens is 1. The van der Waals surface area contributed by atoms with Gasteiger partial charge in [0.1, 0.15) is 11.6 Å². The molecule has 0 unspecified atom stereocenters. The van der Waals surface area contributed by atoms with E-state index in [1.54, 1.807) is 68.4 Å². The molecule has 10 heteroatoms. The Bertz CT molecular complexity index is 1440. The number of amides is 1. The van der Waals surface area contributed by atoms with Crippen molar-refractivity contribution in [3.8, 4) is 11.1 Å². The van der Waals surface area contributed by atoms with Crippen LogP contribution in [0.4, 0.5) is 5.69 Å². The van der Waals surface area contributed by atoms with Crippen LogP contribution in [0.2, 0.25) is 0 Å². The van der Waals surface area contributed by atoms with Crippen LogP contribution in [-0.2, 0) is 14.8 Å². The van der Waals surface area contributed by atoms with Crippen LogP contribution in [0.5, 0.6) is 0 Å². The number of fused-ring (bicyclic) bond motifs is 1. The van der Waals surface area contributed by atoms with Crippen LogP contribution in [-0.4, -0.2) is 36.4 Å². The third kappa shape index (κ3) is 5.39. The maximum atomic E-state index is 12.6. The van der Waals surface area contributed by atoms with Gasteiger partial charge in [0.15, 0.2) is 5.58 Å². The van der Waals surface area contributed by atoms with Crippen LogP contribution in [0.1, 0.15) is 24.5 Å². The fourth-order valence-corrected chi connectivity index (χ4v) is 4.77. The van der Waals surface area contributed by atoms with Crippen LogP contribution in [0, 0.1) is 5.92 Å². The Hall–Kier alpha value is -4.02. The van der Waals surface area contributed by atoms with Gasteiger partial charge in [-0.2, -0.15) is 4.72 Å². The first-order valence-electron chi connectivity index (χ1n) is 10.8. The summed E-state index contributed by atoms with van der Waals surface area (Å²) < 4.78 is 32.9. The van der Waals surface area contributed by atoms with Crippen molar-refractivity contribution < 1.29 is 27.5 Å². The molecule has 0 saturated carbocycles. The molecule has 0 fully saturated rings.